The van der Waals surface area contributed by atoms with Crippen LogP contribution in [-0.4, -0.2) is 0 Å². The van der Waals surface area contributed by atoms with Crippen molar-refractivity contribution >= 4 is 53.9 Å². The topological polar surface area (TPSA) is 33.0 Å². The monoisotopic (exact) mass is 645 g/mol. The lowest BCUT2D eigenvalue weighted by Crippen LogP contribution is -1.98. The molecule has 0 fully saturated rings. The van der Waals surface area contributed by atoms with E-state index in [0.717, 1.165) is 44.5 Å². The van der Waals surface area contributed by atoms with Crippen LogP contribution in [-0.2, 0) is 0 Å². The summed E-state index contributed by atoms with van der Waals surface area (Å²) < 4.78 is 6.55. The van der Waals surface area contributed by atoms with Gasteiger partial charge in [0.25, 0.3) is 0 Å². The molecule has 0 saturated carbocycles. The number of hydrogen-bond donors (Lipinski definition) is 0. The third-order valence-electron chi connectivity index (χ3n) is 10.9. The fourth-order valence-corrected chi connectivity index (χ4v) is 8.59. The predicted molar refractivity (Wildman–Crippen MR) is 212 cm³/mol. The first-order valence-electron chi connectivity index (χ1n) is 17.3. The van der Waals surface area contributed by atoms with Crippen LogP contribution in [0.4, 0.5) is 0 Å². The summed E-state index contributed by atoms with van der Waals surface area (Å²) in [5.74, 6) is 1.61. The lowest BCUT2D eigenvalue weighted by molar-refractivity contribution is 0.487. The fraction of sp³-hybridized carbons (Fsp3) is 0. The zero-order chi connectivity index (χ0) is 33.6. The molecule has 0 aliphatic carbocycles. The Kier molecular flexibility index (Phi) is 5.77. The van der Waals surface area contributed by atoms with Gasteiger partial charge in [-0.15, -0.1) is 0 Å². The smallest absolute Gasteiger partial charge is 0.136 e. The van der Waals surface area contributed by atoms with Crippen molar-refractivity contribution < 1.29 is 4.74 Å². The van der Waals surface area contributed by atoms with Gasteiger partial charge in [-0.1, -0.05) is 140 Å². The van der Waals surface area contributed by atoms with Crippen molar-refractivity contribution in [1.82, 2.24) is 0 Å². The van der Waals surface area contributed by atoms with Crippen LogP contribution in [0.25, 0.3) is 98.4 Å². The molecule has 0 unspecified atom stereocenters. The molecule has 11 rings (SSSR count). The van der Waals surface area contributed by atoms with Crippen LogP contribution in [0.2, 0.25) is 0 Å². The molecule has 0 spiro atoms. The number of hydrogen-bond acceptors (Lipinski definition) is 2. The van der Waals surface area contributed by atoms with Crippen molar-refractivity contribution in [3.8, 4) is 62.1 Å². The predicted octanol–water partition coefficient (Wildman–Crippen LogP) is 13.5. The molecule has 234 valence electrons. The van der Waals surface area contributed by atoms with Crippen LogP contribution >= 0.6 is 0 Å². The molecule has 0 saturated heterocycles. The van der Waals surface area contributed by atoms with Crippen LogP contribution in [0.15, 0.2) is 164 Å². The first-order valence-corrected chi connectivity index (χ1v) is 17.3. The van der Waals surface area contributed by atoms with Gasteiger partial charge in [-0.25, -0.2) is 0 Å². The van der Waals surface area contributed by atoms with Crippen molar-refractivity contribution in [2.75, 3.05) is 0 Å². The Hall–Kier alpha value is -6.95. The molecule has 0 atom stereocenters. The number of fused-ring (bicyclic) bond motifs is 3. The average Bonchev–Trinajstić information content (AvgIpc) is 3.20. The highest BCUT2D eigenvalue weighted by Crippen LogP contribution is 2.49. The first kappa shape index (κ1) is 27.9. The Morgan fingerprint density at radius 2 is 0.941 bits per heavy atom. The minimum Gasteiger partial charge on any atom is -0.456 e. The van der Waals surface area contributed by atoms with Gasteiger partial charge < -0.3 is 4.74 Å². The zero-order valence-corrected chi connectivity index (χ0v) is 27.4. The Balaban J connectivity index is 1.08. The molecule has 10 aromatic rings. The summed E-state index contributed by atoms with van der Waals surface area (Å²) in [7, 11) is 0. The molecule has 1 aliphatic rings. The Bertz CT molecular complexity index is 3110. The van der Waals surface area contributed by atoms with Gasteiger partial charge in [0.15, 0.2) is 0 Å². The van der Waals surface area contributed by atoms with Crippen molar-refractivity contribution in [1.29, 1.82) is 5.26 Å². The van der Waals surface area contributed by atoms with E-state index in [2.05, 4.69) is 146 Å². The van der Waals surface area contributed by atoms with Crippen molar-refractivity contribution in [2.45, 2.75) is 0 Å². The number of rotatable bonds is 3. The van der Waals surface area contributed by atoms with Gasteiger partial charge in [-0.2, -0.15) is 5.26 Å². The molecule has 0 bridgehead atoms. The highest BCUT2D eigenvalue weighted by Gasteiger charge is 2.23. The second kappa shape index (κ2) is 10.5. The van der Waals surface area contributed by atoms with E-state index in [9.17, 15) is 5.26 Å². The molecule has 2 heteroatoms. The molecular formula is C49H27NO. The molecule has 0 N–H and O–H groups in total. The summed E-state index contributed by atoms with van der Waals surface area (Å²) in [6, 6.07) is 61.1. The van der Waals surface area contributed by atoms with E-state index in [4.69, 9.17) is 4.74 Å². The molecule has 0 aromatic heterocycles. The second-order valence-electron chi connectivity index (χ2n) is 13.5. The minimum atomic E-state index is 0.660. The van der Waals surface area contributed by atoms with Gasteiger partial charge in [-0.3, -0.25) is 0 Å². The third kappa shape index (κ3) is 3.98. The number of nitrogens with zero attached hydrogens (tertiary/aromatic N) is 1. The maximum atomic E-state index is 9.72. The first-order chi connectivity index (χ1) is 25.2. The van der Waals surface area contributed by atoms with Crippen LogP contribution in [0.1, 0.15) is 5.56 Å². The molecule has 1 aliphatic heterocycles. The summed E-state index contributed by atoms with van der Waals surface area (Å²) in [5.41, 5.74) is 10.0. The molecule has 0 radical (unpaired) electrons. The quantitative estimate of drug-likeness (QED) is 0.179. The van der Waals surface area contributed by atoms with E-state index >= 15 is 0 Å². The summed E-state index contributed by atoms with van der Waals surface area (Å²) >= 11 is 0. The number of ether oxygens (including phenoxy) is 1. The summed E-state index contributed by atoms with van der Waals surface area (Å²) in [5, 5.41) is 21.8. The highest BCUT2D eigenvalue weighted by atomic mass is 16.5. The van der Waals surface area contributed by atoms with Gasteiger partial charge in [0.1, 0.15) is 11.5 Å². The minimum absolute atomic E-state index is 0.660. The van der Waals surface area contributed by atoms with Gasteiger partial charge in [-0.05, 0) is 106 Å². The van der Waals surface area contributed by atoms with E-state index in [1.807, 2.05) is 24.3 Å². The van der Waals surface area contributed by atoms with E-state index in [1.54, 1.807) is 0 Å². The lowest BCUT2D eigenvalue weighted by Gasteiger charge is -2.22. The summed E-state index contributed by atoms with van der Waals surface area (Å²) in [6.45, 7) is 0. The van der Waals surface area contributed by atoms with E-state index in [-0.39, 0.29) is 0 Å². The van der Waals surface area contributed by atoms with Gasteiger partial charge in [0, 0.05) is 16.3 Å². The number of benzene rings is 10. The van der Waals surface area contributed by atoms with Crippen LogP contribution in [0.3, 0.4) is 0 Å². The lowest BCUT2D eigenvalue weighted by atomic mass is 9.85. The standard InChI is InChI=1S/C49H27NO/c50-28-33-18-26-45-49-36(33)11-6-12-42(49)41-21-17-32(27-46(41)51-45)35-24-25-39(38-10-5-4-9-37(35)38)40-20-14-31-15-22-43-34(29-7-2-1-3-8-29)19-13-30-16-23-44(40)48(31)47(30)43/h1-27H. The second-order valence-corrected chi connectivity index (χ2v) is 13.5. The van der Waals surface area contributed by atoms with Gasteiger partial charge in [0.2, 0.25) is 0 Å². The largest absolute Gasteiger partial charge is 0.456 e. The van der Waals surface area contributed by atoms with Gasteiger partial charge in [0.05, 0.1) is 11.6 Å². The molecule has 0 amide bonds. The molecular weight excluding hydrogens is 619 g/mol. The van der Waals surface area contributed by atoms with E-state index in [1.165, 1.54) is 65.3 Å². The molecule has 51 heavy (non-hydrogen) atoms. The molecule has 10 aromatic carbocycles. The highest BCUT2D eigenvalue weighted by molar-refractivity contribution is 6.28. The average molecular weight is 646 g/mol. The molecule has 2 nitrogen and oxygen atoms in total. The maximum absolute atomic E-state index is 9.72. The Morgan fingerprint density at radius 3 is 1.73 bits per heavy atom. The van der Waals surface area contributed by atoms with Crippen LogP contribution in [0, 0.1) is 11.3 Å². The van der Waals surface area contributed by atoms with Gasteiger partial charge >= 0.3 is 0 Å². The third-order valence-corrected chi connectivity index (χ3v) is 10.9. The van der Waals surface area contributed by atoms with E-state index in [0.29, 0.717) is 5.56 Å². The Labute approximate surface area is 294 Å². The molecule has 1 heterocycles. The van der Waals surface area contributed by atoms with Crippen molar-refractivity contribution in [3.63, 3.8) is 0 Å². The van der Waals surface area contributed by atoms with Crippen molar-refractivity contribution in [2.24, 2.45) is 0 Å². The van der Waals surface area contributed by atoms with Crippen LogP contribution in [0.5, 0.6) is 11.5 Å². The van der Waals surface area contributed by atoms with E-state index < -0.39 is 0 Å². The van der Waals surface area contributed by atoms with Crippen LogP contribution < -0.4 is 4.74 Å². The normalized spacial score (nSPS) is 12.1. The van der Waals surface area contributed by atoms with Crippen molar-refractivity contribution in [3.05, 3.63) is 169 Å². The summed E-state index contributed by atoms with van der Waals surface area (Å²) in [4.78, 5) is 0. The fourth-order valence-electron chi connectivity index (χ4n) is 8.59. The SMILES string of the molecule is N#Cc1ccc2c3c(cccc13)-c1ccc(-c3ccc(-c4ccc5ccc6c(-c7ccccc7)ccc7ccc4c5c76)c4ccccc34)cc1O2. The summed E-state index contributed by atoms with van der Waals surface area (Å²) in [6.07, 6.45) is 0. The Morgan fingerprint density at radius 1 is 0.353 bits per heavy atom. The zero-order valence-electron chi connectivity index (χ0n) is 27.4. The number of nitriles is 1. The maximum Gasteiger partial charge on any atom is 0.136 e.